The first kappa shape index (κ1) is 12.4. The summed E-state index contributed by atoms with van der Waals surface area (Å²) in [6.07, 6.45) is 0.974. The van der Waals surface area contributed by atoms with Gasteiger partial charge in [-0.2, -0.15) is 0 Å². The first-order valence-electron chi connectivity index (χ1n) is 4.32. The van der Waals surface area contributed by atoms with Crippen LogP contribution in [0.25, 0.3) is 0 Å². The van der Waals surface area contributed by atoms with Gasteiger partial charge < -0.3 is 5.11 Å². The minimum atomic E-state index is -3.48. The number of carbonyl (C=O) groups is 2. The lowest BCUT2D eigenvalue weighted by Gasteiger charge is -2.04. The average molecular weight is 242 g/mol. The molecule has 16 heavy (non-hydrogen) atoms. The Morgan fingerprint density at radius 3 is 2.12 bits per heavy atom. The summed E-state index contributed by atoms with van der Waals surface area (Å²) >= 11 is 0. The van der Waals surface area contributed by atoms with E-state index in [1.54, 1.807) is 0 Å². The van der Waals surface area contributed by atoms with E-state index in [1.165, 1.54) is 19.1 Å². The van der Waals surface area contributed by atoms with Crippen molar-refractivity contribution in [3.05, 3.63) is 29.3 Å². The highest BCUT2D eigenvalue weighted by Gasteiger charge is 2.17. The smallest absolute Gasteiger partial charge is 0.336 e. The van der Waals surface area contributed by atoms with Crippen LogP contribution in [0.2, 0.25) is 0 Å². The Hall–Kier alpha value is -1.69. The van der Waals surface area contributed by atoms with Crippen LogP contribution in [0.3, 0.4) is 0 Å². The van der Waals surface area contributed by atoms with Gasteiger partial charge in [0.15, 0.2) is 15.6 Å². The quantitative estimate of drug-likeness (QED) is 0.798. The number of Topliss-reactive ketones (excluding diaryl/α,β-unsaturated/α-hetero) is 1. The molecule has 5 nitrogen and oxygen atoms in total. The summed E-state index contributed by atoms with van der Waals surface area (Å²) in [7, 11) is -3.48. The standard InChI is InChI=1S/C10H10O5S/c1-6(11)8-4-3-7(16(2,14)15)5-9(8)10(12)13/h3-5H,1-2H3,(H,12,13). The van der Waals surface area contributed by atoms with Gasteiger partial charge in [-0.3, -0.25) is 4.79 Å². The van der Waals surface area contributed by atoms with Gasteiger partial charge in [-0.25, -0.2) is 13.2 Å². The van der Waals surface area contributed by atoms with Crippen LogP contribution in [-0.4, -0.2) is 31.5 Å². The molecule has 1 aromatic rings. The third-order valence-corrected chi connectivity index (χ3v) is 3.14. The second-order valence-electron chi connectivity index (χ2n) is 3.34. The van der Waals surface area contributed by atoms with Gasteiger partial charge in [0, 0.05) is 11.8 Å². The Morgan fingerprint density at radius 2 is 1.75 bits per heavy atom. The number of hydrogen-bond acceptors (Lipinski definition) is 4. The second kappa shape index (κ2) is 4.05. The molecule has 0 heterocycles. The Labute approximate surface area is 92.6 Å². The summed E-state index contributed by atoms with van der Waals surface area (Å²) in [5, 5.41) is 8.86. The highest BCUT2D eigenvalue weighted by Crippen LogP contribution is 2.16. The van der Waals surface area contributed by atoms with Crippen molar-refractivity contribution >= 4 is 21.6 Å². The van der Waals surface area contributed by atoms with E-state index in [0.717, 1.165) is 12.3 Å². The molecular formula is C10H10O5S. The fraction of sp³-hybridized carbons (Fsp3) is 0.200. The molecule has 0 fully saturated rings. The van der Waals surface area contributed by atoms with Crippen LogP contribution in [0, 0.1) is 0 Å². The number of ketones is 1. The van der Waals surface area contributed by atoms with Gasteiger partial charge in [-0.15, -0.1) is 0 Å². The number of carboxylic acids is 1. The van der Waals surface area contributed by atoms with Gasteiger partial charge in [0.1, 0.15) is 0 Å². The van der Waals surface area contributed by atoms with Crippen LogP contribution < -0.4 is 0 Å². The first-order valence-corrected chi connectivity index (χ1v) is 6.21. The zero-order valence-electron chi connectivity index (χ0n) is 8.72. The normalized spacial score (nSPS) is 11.1. The molecule has 86 valence electrons. The molecule has 1 N–H and O–H groups in total. The van der Waals surface area contributed by atoms with E-state index in [-0.39, 0.29) is 16.0 Å². The van der Waals surface area contributed by atoms with Gasteiger partial charge in [-0.05, 0) is 25.1 Å². The molecule has 0 unspecified atom stereocenters. The van der Waals surface area contributed by atoms with Crippen LogP contribution >= 0.6 is 0 Å². The molecular weight excluding hydrogens is 232 g/mol. The van der Waals surface area contributed by atoms with E-state index >= 15 is 0 Å². The van der Waals surface area contributed by atoms with Crippen molar-refractivity contribution in [2.24, 2.45) is 0 Å². The van der Waals surface area contributed by atoms with Gasteiger partial charge in [0.2, 0.25) is 0 Å². The number of aromatic carboxylic acids is 1. The molecule has 0 saturated carbocycles. The van der Waals surface area contributed by atoms with E-state index in [4.69, 9.17) is 5.11 Å². The van der Waals surface area contributed by atoms with Crippen molar-refractivity contribution in [3.63, 3.8) is 0 Å². The molecule has 0 aliphatic rings. The molecule has 0 bridgehead atoms. The van der Waals surface area contributed by atoms with Crippen LogP contribution in [0.4, 0.5) is 0 Å². The molecule has 0 atom stereocenters. The molecule has 0 aliphatic heterocycles. The molecule has 6 heteroatoms. The van der Waals surface area contributed by atoms with Crippen LogP contribution in [-0.2, 0) is 9.84 Å². The number of rotatable bonds is 3. The van der Waals surface area contributed by atoms with Crippen LogP contribution in [0.5, 0.6) is 0 Å². The van der Waals surface area contributed by atoms with E-state index in [2.05, 4.69) is 0 Å². The fourth-order valence-corrected chi connectivity index (χ4v) is 1.89. The second-order valence-corrected chi connectivity index (χ2v) is 5.36. The molecule has 1 aromatic carbocycles. The van der Waals surface area contributed by atoms with Gasteiger partial charge >= 0.3 is 5.97 Å². The van der Waals surface area contributed by atoms with E-state index in [1.807, 2.05) is 0 Å². The number of benzene rings is 1. The van der Waals surface area contributed by atoms with Crippen LogP contribution in [0.1, 0.15) is 27.6 Å². The predicted octanol–water partition coefficient (Wildman–Crippen LogP) is 0.991. The topological polar surface area (TPSA) is 88.5 Å². The SMILES string of the molecule is CC(=O)c1ccc(S(C)(=O)=O)cc1C(=O)O. The number of carbonyl (C=O) groups excluding carboxylic acids is 1. The summed E-state index contributed by atoms with van der Waals surface area (Å²) in [6, 6.07) is 3.43. The Kier molecular flexibility index (Phi) is 3.14. The predicted molar refractivity (Wildman–Crippen MR) is 56.5 cm³/mol. The Bertz CT molecular complexity index is 557. The molecule has 0 amide bonds. The highest BCUT2D eigenvalue weighted by atomic mass is 32.2. The van der Waals surface area contributed by atoms with Gasteiger partial charge in [0.25, 0.3) is 0 Å². The fourth-order valence-electron chi connectivity index (χ4n) is 1.24. The van der Waals surface area contributed by atoms with Crippen molar-refractivity contribution in [1.82, 2.24) is 0 Å². The lowest BCUT2D eigenvalue weighted by molar-refractivity contribution is 0.0692. The van der Waals surface area contributed by atoms with Crippen molar-refractivity contribution in [2.45, 2.75) is 11.8 Å². The monoisotopic (exact) mass is 242 g/mol. The van der Waals surface area contributed by atoms with Crippen molar-refractivity contribution < 1.29 is 23.1 Å². The summed E-state index contributed by atoms with van der Waals surface area (Å²) in [5.41, 5.74) is -0.296. The van der Waals surface area contributed by atoms with Crippen LogP contribution in [0.15, 0.2) is 23.1 Å². The molecule has 1 rings (SSSR count). The molecule has 0 saturated heterocycles. The molecule has 0 spiro atoms. The van der Waals surface area contributed by atoms with E-state index in [9.17, 15) is 18.0 Å². The summed E-state index contributed by atoms with van der Waals surface area (Å²) in [4.78, 5) is 21.9. The molecule has 0 aromatic heterocycles. The Morgan fingerprint density at radius 1 is 1.19 bits per heavy atom. The van der Waals surface area contributed by atoms with Gasteiger partial charge in [0.05, 0.1) is 10.5 Å². The minimum Gasteiger partial charge on any atom is -0.478 e. The summed E-state index contributed by atoms with van der Waals surface area (Å²) < 4.78 is 22.4. The number of carboxylic acid groups (broad SMARTS) is 1. The van der Waals surface area contributed by atoms with Crippen molar-refractivity contribution in [3.8, 4) is 0 Å². The lowest BCUT2D eigenvalue weighted by atomic mass is 10.0. The average Bonchev–Trinajstić information content (AvgIpc) is 2.15. The number of hydrogen-bond donors (Lipinski definition) is 1. The zero-order valence-corrected chi connectivity index (χ0v) is 9.54. The Balaban J connectivity index is 3.52. The van der Waals surface area contributed by atoms with E-state index < -0.39 is 21.6 Å². The van der Waals surface area contributed by atoms with Crippen molar-refractivity contribution in [1.29, 1.82) is 0 Å². The third kappa shape index (κ3) is 2.46. The van der Waals surface area contributed by atoms with Crippen molar-refractivity contribution in [2.75, 3.05) is 6.26 Å². The highest BCUT2D eigenvalue weighted by molar-refractivity contribution is 7.90. The van der Waals surface area contributed by atoms with Gasteiger partial charge in [-0.1, -0.05) is 0 Å². The zero-order chi connectivity index (χ0) is 12.5. The maximum Gasteiger partial charge on any atom is 0.336 e. The van der Waals surface area contributed by atoms with E-state index in [0.29, 0.717) is 0 Å². The number of sulfone groups is 1. The minimum absolute atomic E-state index is 0.0000926. The first-order chi connectivity index (χ1) is 7.23. The summed E-state index contributed by atoms with van der Waals surface area (Å²) in [6.45, 7) is 1.22. The lowest BCUT2D eigenvalue weighted by Crippen LogP contribution is -2.08. The maximum atomic E-state index is 11.2. The summed E-state index contributed by atoms with van der Waals surface area (Å²) in [5.74, 6) is -1.74. The molecule has 0 radical (unpaired) electrons. The third-order valence-electron chi connectivity index (χ3n) is 2.03. The molecule has 0 aliphatic carbocycles. The maximum absolute atomic E-state index is 11.2. The largest absolute Gasteiger partial charge is 0.478 e.